The van der Waals surface area contributed by atoms with Gasteiger partial charge < -0.3 is 9.47 Å². The Labute approximate surface area is 134 Å². The van der Waals surface area contributed by atoms with Gasteiger partial charge in [-0.25, -0.2) is 0 Å². The van der Waals surface area contributed by atoms with Gasteiger partial charge in [0.1, 0.15) is 0 Å². The Hall–Kier alpha value is -1.69. The van der Waals surface area contributed by atoms with Crippen LogP contribution in [0.15, 0.2) is 28.3 Å². The summed E-state index contributed by atoms with van der Waals surface area (Å²) in [4.78, 5) is 4.80. The van der Waals surface area contributed by atoms with E-state index in [4.69, 9.17) is 14.5 Å². The molecule has 1 aromatic rings. The van der Waals surface area contributed by atoms with Crippen molar-refractivity contribution in [1.82, 2.24) is 5.43 Å². The zero-order chi connectivity index (χ0) is 14.8. The molecule has 5 nitrogen and oxygen atoms in total. The SMILES string of the molecule is c1cc2c(cc1C1=NNC(=NC3CCCCC3)SC1)OCO2. The summed E-state index contributed by atoms with van der Waals surface area (Å²) in [6, 6.07) is 6.44. The lowest BCUT2D eigenvalue weighted by molar-refractivity contribution is 0.174. The summed E-state index contributed by atoms with van der Waals surface area (Å²) in [5.41, 5.74) is 5.20. The van der Waals surface area contributed by atoms with Gasteiger partial charge in [-0.1, -0.05) is 31.0 Å². The van der Waals surface area contributed by atoms with Crippen LogP contribution in [0.1, 0.15) is 37.7 Å². The molecule has 2 aliphatic heterocycles. The Morgan fingerprint density at radius 3 is 2.82 bits per heavy atom. The Balaban J connectivity index is 1.46. The maximum Gasteiger partial charge on any atom is 0.231 e. The second-order valence-electron chi connectivity index (χ2n) is 5.75. The minimum absolute atomic E-state index is 0.302. The molecule has 1 fully saturated rings. The zero-order valence-corrected chi connectivity index (χ0v) is 13.2. The Kier molecular flexibility index (Phi) is 3.93. The van der Waals surface area contributed by atoms with Crippen molar-refractivity contribution in [3.63, 3.8) is 0 Å². The second-order valence-corrected chi connectivity index (χ2v) is 6.72. The highest BCUT2D eigenvalue weighted by Gasteiger charge is 2.19. The topological polar surface area (TPSA) is 55.2 Å². The number of hydrogen-bond donors (Lipinski definition) is 1. The summed E-state index contributed by atoms with van der Waals surface area (Å²) in [5, 5.41) is 5.45. The summed E-state index contributed by atoms with van der Waals surface area (Å²) in [7, 11) is 0. The van der Waals surface area contributed by atoms with Crippen LogP contribution in [0.2, 0.25) is 0 Å². The largest absolute Gasteiger partial charge is 0.454 e. The van der Waals surface area contributed by atoms with Crippen molar-refractivity contribution in [3.8, 4) is 11.5 Å². The lowest BCUT2D eigenvalue weighted by Crippen LogP contribution is -2.27. The van der Waals surface area contributed by atoms with Gasteiger partial charge in [-0.15, -0.1) is 0 Å². The first-order valence-electron chi connectivity index (χ1n) is 7.82. The lowest BCUT2D eigenvalue weighted by Gasteiger charge is -2.21. The molecule has 1 saturated carbocycles. The number of aliphatic imine (C=N–C) groups is 1. The molecule has 1 N–H and O–H groups in total. The normalized spacial score (nSPS) is 23.3. The molecule has 116 valence electrons. The van der Waals surface area contributed by atoms with Crippen molar-refractivity contribution >= 4 is 22.6 Å². The molecule has 0 saturated heterocycles. The molecule has 1 aliphatic carbocycles. The van der Waals surface area contributed by atoms with Crippen LogP contribution in [0.4, 0.5) is 0 Å². The van der Waals surface area contributed by atoms with Crippen molar-refractivity contribution in [2.24, 2.45) is 10.1 Å². The van der Waals surface area contributed by atoms with Gasteiger partial charge in [0.2, 0.25) is 6.79 Å². The van der Waals surface area contributed by atoms with Gasteiger partial charge in [-0.2, -0.15) is 5.10 Å². The van der Waals surface area contributed by atoms with E-state index in [2.05, 4.69) is 10.5 Å². The maximum atomic E-state index is 5.42. The van der Waals surface area contributed by atoms with Gasteiger partial charge in [-0.05, 0) is 31.0 Å². The van der Waals surface area contributed by atoms with Crippen LogP contribution >= 0.6 is 11.8 Å². The molecule has 22 heavy (non-hydrogen) atoms. The molecular weight excluding hydrogens is 298 g/mol. The lowest BCUT2D eigenvalue weighted by atomic mass is 9.96. The number of thioether (sulfide) groups is 1. The Morgan fingerprint density at radius 1 is 1.14 bits per heavy atom. The van der Waals surface area contributed by atoms with Crippen molar-refractivity contribution in [3.05, 3.63) is 23.8 Å². The number of fused-ring (bicyclic) bond motifs is 1. The van der Waals surface area contributed by atoms with E-state index in [1.165, 1.54) is 32.1 Å². The molecule has 0 aromatic heterocycles. The third kappa shape index (κ3) is 2.92. The number of nitrogens with one attached hydrogen (secondary N) is 1. The number of nitrogens with zero attached hydrogens (tertiary/aromatic N) is 2. The molecule has 0 bridgehead atoms. The summed E-state index contributed by atoms with van der Waals surface area (Å²) < 4.78 is 10.8. The van der Waals surface area contributed by atoms with Gasteiger partial charge in [0.25, 0.3) is 0 Å². The number of hydrogen-bond acceptors (Lipinski definition) is 5. The maximum absolute atomic E-state index is 5.42. The van der Waals surface area contributed by atoms with E-state index >= 15 is 0 Å². The van der Waals surface area contributed by atoms with E-state index in [1.807, 2.05) is 18.2 Å². The van der Waals surface area contributed by atoms with Gasteiger partial charge in [0, 0.05) is 11.3 Å². The van der Waals surface area contributed by atoms with Crippen LogP contribution in [0.3, 0.4) is 0 Å². The molecule has 0 atom stereocenters. The van der Waals surface area contributed by atoms with Crippen molar-refractivity contribution in [2.75, 3.05) is 12.5 Å². The van der Waals surface area contributed by atoms with Gasteiger partial charge in [0.05, 0.1) is 11.8 Å². The molecule has 0 spiro atoms. The smallest absolute Gasteiger partial charge is 0.231 e. The van der Waals surface area contributed by atoms with Gasteiger partial charge in [0.15, 0.2) is 16.7 Å². The predicted octanol–water partition coefficient (Wildman–Crippen LogP) is 3.14. The quantitative estimate of drug-likeness (QED) is 0.910. The van der Waals surface area contributed by atoms with Gasteiger partial charge >= 0.3 is 0 Å². The molecule has 3 aliphatic rings. The first-order chi connectivity index (χ1) is 10.9. The molecule has 6 heteroatoms. The van der Waals surface area contributed by atoms with Crippen LogP contribution in [-0.4, -0.2) is 29.5 Å². The summed E-state index contributed by atoms with van der Waals surface area (Å²) >= 11 is 1.73. The van der Waals surface area contributed by atoms with Crippen molar-refractivity contribution < 1.29 is 9.47 Å². The highest BCUT2D eigenvalue weighted by molar-refractivity contribution is 8.14. The van der Waals surface area contributed by atoms with Crippen LogP contribution < -0.4 is 14.9 Å². The van der Waals surface area contributed by atoms with Crippen LogP contribution in [0.25, 0.3) is 0 Å². The Bertz CT molecular complexity index is 624. The van der Waals surface area contributed by atoms with Crippen molar-refractivity contribution in [1.29, 1.82) is 0 Å². The number of benzene rings is 1. The molecule has 0 radical (unpaired) electrons. The number of ether oxygens (including phenoxy) is 2. The average Bonchev–Trinajstić information content (AvgIpc) is 3.04. The fourth-order valence-electron chi connectivity index (χ4n) is 2.98. The minimum atomic E-state index is 0.302. The second kappa shape index (κ2) is 6.20. The third-order valence-electron chi connectivity index (χ3n) is 4.21. The molecule has 0 unspecified atom stereocenters. The van der Waals surface area contributed by atoms with E-state index in [-0.39, 0.29) is 0 Å². The van der Waals surface area contributed by atoms with E-state index < -0.39 is 0 Å². The van der Waals surface area contributed by atoms with E-state index in [9.17, 15) is 0 Å². The first kappa shape index (κ1) is 13.9. The standard InChI is InChI=1S/C16H19N3O2S/c1-2-4-12(5-3-1)17-16-19-18-13(9-22-16)11-6-7-14-15(8-11)21-10-20-14/h6-8,12H,1-5,9-10H2,(H,17,19). The molecule has 1 aromatic carbocycles. The molecular formula is C16H19N3O2S. The summed E-state index contributed by atoms with van der Waals surface area (Å²) in [6.45, 7) is 0.302. The highest BCUT2D eigenvalue weighted by Crippen LogP contribution is 2.33. The van der Waals surface area contributed by atoms with Crippen molar-refractivity contribution in [2.45, 2.75) is 38.1 Å². The summed E-state index contributed by atoms with van der Waals surface area (Å²) in [6.07, 6.45) is 6.39. The third-order valence-corrected chi connectivity index (χ3v) is 5.10. The van der Waals surface area contributed by atoms with Crippen LogP contribution in [0.5, 0.6) is 11.5 Å². The van der Waals surface area contributed by atoms with Gasteiger partial charge in [-0.3, -0.25) is 10.4 Å². The zero-order valence-electron chi connectivity index (χ0n) is 12.4. The van der Waals surface area contributed by atoms with E-state index in [1.54, 1.807) is 11.8 Å². The molecule has 2 heterocycles. The van der Waals surface area contributed by atoms with E-state index in [0.29, 0.717) is 12.8 Å². The first-order valence-corrected chi connectivity index (χ1v) is 8.80. The minimum Gasteiger partial charge on any atom is -0.454 e. The highest BCUT2D eigenvalue weighted by atomic mass is 32.2. The average molecular weight is 317 g/mol. The fourth-order valence-corrected chi connectivity index (χ4v) is 3.82. The number of hydrazone groups is 1. The van der Waals surface area contributed by atoms with Crippen LogP contribution in [-0.2, 0) is 0 Å². The molecule has 4 rings (SSSR count). The monoisotopic (exact) mass is 317 g/mol. The predicted molar refractivity (Wildman–Crippen MR) is 89.0 cm³/mol. The Morgan fingerprint density at radius 2 is 2.00 bits per heavy atom. The van der Waals surface area contributed by atoms with E-state index in [0.717, 1.165) is 33.7 Å². The van der Waals surface area contributed by atoms with Crippen LogP contribution in [0, 0.1) is 0 Å². The fraction of sp³-hybridized carbons (Fsp3) is 0.500. The molecule has 0 amide bonds. The number of rotatable bonds is 2. The number of amidine groups is 1. The summed E-state index contributed by atoms with van der Waals surface area (Å²) in [5.74, 6) is 2.44.